The molecule has 0 bridgehead atoms. The van der Waals surface area contributed by atoms with Gasteiger partial charge in [0.05, 0.1) is 12.5 Å². The quantitative estimate of drug-likeness (QED) is 0.883. The summed E-state index contributed by atoms with van der Waals surface area (Å²) in [7, 11) is 0. The Morgan fingerprint density at radius 1 is 1.40 bits per heavy atom. The summed E-state index contributed by atoms with van der Waals surface area (Å²) in [6, 6.07) is 8.24. The van der Waals surface area contributed by atoms with Crippen LogP contribution in [0.5, 0.6) is 0 Å². The molecule has 1 aliphatic rings. The van der Waals surface area contributed by atoms with Crippen LogP contribution in [-0.4, -0.2) is 18.0 Å². The molecule has 0 radical (unpaired) electrons. The van der Waals surface area contributed by atoms with Gasteiger partial charge in [0.2, 0.25) is 0 Å². The zero-order chi connectivity index (χ0) is 14.5. The van der Waals surface area contributed by atoms with Crippen molar-refractivity contribution in [2.24, 2.45) is 5.73 Å². The van der Waals surface area contributed by atoms with E-state index in [0.717, 1.165) is 36.8 Å². The van der Waals surface area contributed by atoms with Gasteiger partial charge in [0.15, 0.2) is 0 Å². The van der Waals surface area contributed by atoms with Crippen LogP contribution in [0.1, 0.15) is 47.2 Å². The van der Waals surface area contributed by atoms with Gasteiger partial charge < -0.3 is 11.1 Å². The number of nitrogens with two attached hydrogens (primary N) is 1. The van der Waals surface area contributed by atoms with Crippen LogP contribution in [0, 0.1) is 18.3 Å². The number of benzene rings is 1. The van der Waals surface area contributed by atoms with Crippen molar-refractivity contribution < 1.29 is 4.79 Å². The van der Waals surface area contributed by atoms with Crippen LogP contribution in [0.3, 0.4) is 0 Å². The van der Waals surface area contributed by atoms with Crippen molar-refractivity contribution >= 4 is 5.91 Å². The van der Waals surface area contributed by atoms with Crippen LogP contribution in [0.2, 0.25) is 0 Å². The van der Waals surface area contributed by atoms with Gasteiger partial charge >= 0.3 is 0 Å². The number of carbonyl (C=O) groups is 1. The molecule has 0 saturated heterocycles. The van der Waals surface area contributed by atoms with Crippen LogP contribution in [0.15, 0.2) is 18.2 Å². The molecular weight excluding hydrogens is 250 g/mol. The van der Waals surface area contributed by atoms with Crippen LogP contribution >= 0.6 is 0 Å². The SMILES string of the molecule is Cc1ccc(CC#N)cc1C(=O)NC1CCC(N)CC1. The van der Waals surface area contributed by atoms with Crippen LogP contribution in [0.4, 0.5) is 0 Å². The first-order chi connectivity index (χ1) is 9.60. The van der Waals surface area contributed by atoms with Crippen molar-refractivity contribution in [3.05, 3.63) is 34.9 Å². The summed E-state index contributed by atoms with van der Waals surface area (Å²) in [4.78, 5) is 12.3. The molecule has 0 unspecified atom stereocenters. The normalized spacial score (nSPS) is 22.1. The van der Waals surface area contributed by atoms with Gasteiger partial charge in [-0.2, -0.15) is 5.26 Å². The second-order valence-electron chi connectivity index (χ2n) is 5.57. The minimum Gasteiger partial charge on any atom is -0.349 e. The van der Waals surface area contributed by atoms with E-state index in [1.165, 1.54) is 0 Å². The third kappa shape index (κ3) is 3.58. The summed E-state index contributed by atoms with van der Waals surface area (Å²) >= 11 is 0. The number of rotatable bonds is 3. The van der Waals surface area contributed by atoms with E-state index in [9.17, 15) is 4.79 Å². The summed E-state index contributed by atoms with van der Waals surface area (Å²) in [5.74, 6) is -0.0391. The molecule has 1 amide bonds. The number of carbonyl (C=O) groups excluding carboxylic acids is 1. The third-order valence-corrected chi connectivity index (χ3v) is 3.94. The number of hydrogen-bond donors (Lipinski definition) is 2. The Morgan fingerprint density at radius 2 is 2.10 bits per heavy atom. The highest BCUT2D eigenvalue weighted by atomic mass is 16.1. The van der Waals surface area contributed by atoms with E-state index in [2.05, 4.69) is 11.4 Å². The van der Waals surface area contributed by atoms with Crippen LogP contribution in [0.25, 0.3) is 0 Å². The predicted molar refractivity (Wildman–Crippen MR) is 78.2 cm³/mol. The molecular formula is C16H21N3O. The molecule has 20 heavy (non-hydrogen) atoms. The van der Waals surface area contributed by atoms with Crippen LogP contribution in [-0.2, 0) is 6.42 Å². The summed E-state index contributed by atoms with van der Waals surface area (Å²) in [6.45, 7) is 1.92. The van der Waals surface area contributed by atoms with Gasteiger partial charge in [-0.15, -0.1) is 0 Å². The molecule has 0 aliphatic heterocycles. The molecule has 4 heteroatoms. The largest absolute Gasteiger partial charge is 0.349 e. The Hall–Kier alpha value is -1.86. The lowest BCUT2D eigenvalue weighted by molar-refractivity contribution is 0.0925. The van der Waals surface area contributed by atoms with Crippen LogP contribution < -0.4 is 11.1 Å². The predicted octanol–water partition coefficient (Wildman–Crippen LogP) is 2.06. The topological polar surface area (TPSA) is 78.9 Å². The van der Waals surface area contributed by atoms with Gasteiger partial charge in [-0.25, -0.2) is 0 Å². The first-order valence-electron chi connectivity index (χ1n) is 7.13. The fourth-order valence-electron chi connectivity index (χ4n) is 2.64. The van der Waals surface area contributed by atoms with Crippen molar-refractivity contribution in [3.8, 4) is 6.07 Å². The van der Waals surface area contributed by atoms with Gasteiger partial charge in [0.1, 0.15) is 0 Å². The van der Waals surface area contributed by atoms with Gasteiger partial charge in [-0.05, 0) is 49.8 Å². The monoisotopic (exact) mass is 271 g/mol. The maximum Gasteiger partial charge on any atom is 0.251 e. The molecule has 1 saturated carbocycles. The number of nitriles is 1. The molecule has 1 aromatic carbocycles. The number of hydrogen-bond acceptors (Lipinski definition) is 3. The molecule has 0 atom stereocenters. The number of aryl methyl sites for hydroxylation is 1. The standard InChI is InChI=1S/C16H21N3O/c1-11-2-3-12(8-9-17)10-15(11)16(20)19-14-6-4-13(18)5-7-14/h2-3,10,13-14H,4-8,18H2,1H3,(H,19,20). The Morgan fingerprint density at radius 3 is 2.75 bits per heavy atom. The smallest absolute Gasteiger partial charge is 0.251 e. The van der Waals surface area contributed by atoms with Crippen molar-refractivity contribution in [2.45, 2.75) is 51.1 Å². The minimum atomic E-state index is -0.0391. The van der Waals surface area contributed by atoms with E-state index in [4.69, 9.17) is 11.0 Å². The summed E-state index contributed by atoms with van der Waals surface area (Å²) in [6.07, 6.45) is 4.17. The maximum absolute atomic E-state index is 12.3. The van der Waals surface area contributed by atoms with E-state index in [0.29, 0.717) is 12.0 Å². The molecule has 0 spiro atoms. The van der Waals surface area contributed by atoms with Gasteiger partial charge in [0.25, 0.3) is 5.91 Å². The number of nitrogens with zero attached hydrogens (tertiary/aromatic N) is 1. The van der Waals surface area contributed by atoms with E-state index in [1.807, 2.05) is 25.1 Å². The molecule has 4 nitrogen and oxygen atoms in total. The zero-order valence-corrected chi connectivity index (χ0v) is 11.9. The molecule has 0 heterocycles. The Labute approximate surface area is 120 Å². The highest BCUT2D eigenvalue weighted by Gasteiger charge is 2.21. The van der Waals surface area contributed by atoms with Gasteiger partial charge in [0, 0.05) is 17.6 Å². The van der Waals surface area contributed by atoms with Crippen molar-refractivity contribution in [1.29, 1.82) is 5.26 Å². The molecule has 106 valence electrons. The molecule has 1 aliphatic carbocycles. The van der Waals surface area contributed by atoms with Crippen molar-refractivity contribution in [2.75, 3.05) is 0 Å². The fraction of sp³-hybridized carbons (Fsp3) is 0.500. The van der Waals surface area contributed by atoms with E-state index in [-0.39, 0.29) is 18.0 Å². The number of amides is 1. The first-order valence-corrected chi connectivity index (χ1v) is 7.13. The second-order valence-corrected chi connectivity index (χ2v) is 5.57. The van der Waals surface area contributed by atoms with Crippen molar-refractivity contribution in [1.82, 2.24) is 5.32 Å². The Balaban J connectivity index is 2.05. The summed E-state index contributed by atoms with van der Waals surface area (Å²) < 4.78 is 0. The first kappa shape index (κ1) is 14.5. The van der Waals surface area contributed by atoms with E-state index < -0.39 is 0 Å². The summed E-state index contributed by atoms with van der Waals surface area (Å²) in [5.41, 5.74) is 8.37. The lowest BCUT2D eigenvalue weighted by Crippen LogP contribution is -2.40. The molecule has 1 aromatic rings. The molecule has 0 aromatic heterocycles. The molecule has 3 N–H and O–H groups in total. The van der Waals surface area contributed by atoms with Crippen molar-refractivity contribution in [3.63, 3.8) is 0 Å². The highest BCUT2D eigenvalue weighted by molar-refractivity contribution is 5.96. The maximum atomic E-state index is 12.3. The lowest BCUT2D eigenvalue weighted by atomic mass is 9.91. The molecule has 2 rings (SSSR count). The number of nitrogens with one attached hydrogen (secondary N) is 1. The van der Waals surface area contributed by atoms with E-state index >= 15 is 0 Å². The minimum absolute atomic E-state index is 0.0391. The third-order valence-electron chi connectivity index (χ3n) is 3.94. The zero-order valence-electron chi connectivity index (χ0n) is 11.9. The fourth-order valence-corrected chi connectivity index (χ4v) is 2.64. The molecule has 1 fully saturated rings. The highest BCUT2D eigenvalue weighted by Crippen LogP contribution is 2.18. The Bertz CT molecular complexity index is 525. The summed E-state index contributed by atoms with van der Waals surface area (Å²) in [5, 5.41) is 11.8. The lowest BCUT2D eigenvalue weighted by Gasteiger charge is -2.27. The Kier molecular flexibility index (Phi) is 4.75. The average molecular weight is 271 g/mol. The van der Waals surface area contributed by atoms with Gasteiger partial charge in [-0.1, -0.05) is 12.1 Å². The van der Waals surface area contributed by atoms with Gasteiger partial charge in [-0.3, -0.25) is 4.79 Å². The van der Waals surface area contributed by atoms with E-state index in [1.54, 1.807) is 0 Å². The average Bonchev–Trinajstić information content (AvgIpc) is 2.43. The second kappa shape index (κ2) is 6.53.